The Kier molecular flexibility index (Phi) is 4.13. The van der Waals surface area contributed by atoms with Gasteiger partial charge in [0.25, 0.3) is 0 Å². The molecule has 2 aromatic carbocycles. The molecule has 128 valence electrons. The third-order valence-corrected chi connectivity index (χ3v) is 5.27. The first kappa shape index (κ1) is 17.2. The van der Waals surface area contributed by atoms with E-state index >= 15 is 0 Å². The van der Waals surface area contributed by atoms with Crippen molar-refractivity contribution in [2.75, 3.05) is 6.26 Å². The molecule has 2 aromatic rings. The zero-order chi connectivity index (χ0) is 18.2. The average Bonchev–Trinajstić information content (AvgIpc) is 2.86. The average molecular weight is 354 g/mol. The van der Waals surface area contributed by atoms with E-state index in [0.717, 1.165) is 22.9 Å². The van der Waals surface area contributed by atoms with Gasteiger partial charge in [0, 0.05) is 5.92 Å². The number of rotatable bonds is 3. The molecule has 2 atom stereocenters. The van der Waals surface area contributed by atoms with Crippen molar-refractivity contribution in [2.45, 2.75) is 19.3 Å². The summed E-state index contributed by atoms with van der Waals surface area (Å²) in [6.07, 6.45) is 1.39. The highest BCUT2D eigenvalue weighted by Crippen LogP contribution is 2.51. The van der Waals surface area contributed by atoms with Crippen molar-refractivity contribution in [3.63, 3.8) is 0 Å². The summed E-state index contributed by atoms with van der Waals surface area (Å²) in [5, 5.41) is 9.21. The van der Waals surface area contributed by atoms with Crippen molar-refractivity contribution in [2.24, 2.45) is 5.41 Å². The van der Waals surface area contributed by atoms with Gasteiger partial charge in [0.05, 0.1) is 23.3 Å². The standard InChI is InChI=1S/C19H18N2O3S/c1-19(18(22)21-25(2,23)24)11-15-9-8-13(12-20)10-16(15)17(19)14-6-4-3-5-7-14/h3-10,17H,11H2,1-2H3,(H,21,22)/t17-,19+/m0/s1. The number of hydrogen-bond acceptors (Lipinski definition) is 4. The molecule has 1 N–H and O–H groups in total. The smallest absolute Gasteiger partial charge is 0.240 e. The van der Waals surface area contributed by atoms with Crippen molar-refractivity contribution < 1.29 is 13.2 Å². The number of amides is 1. The maximum atomic E-state index is 12.8. The molecule has 0 aromatic heterocycles. The number of benzene rings is 2. The summed E-state index contributed by atoms with van der Waals surface area (Å²) in [7, 11) is -3.66. The molecule has 0 radical (unpaired) electrons. The molecule has 0 saturated heterocycles. The van der Waals surface area contributed by atoms with Crippen LogP contribution < -0.4 is 4.72 Å². The molecule has 1 amide bonds. The van der Waals surface area contributed by atoms with Gasteiger partial charge in [0.2, 0.25) is 15.9 Å². The lowest BCUT2D eigenvalue weighted by atomic mass is 9.73. The fourth-order valence-corrected chi connectivity index (χ4v) is 4.19. The summed E-state index contributed by atoms with van der Waals surface area (Å²) in [6.45, 7) is 1.78. The monoisotopic (exact) mass is 354 g/mol. The molecule has 0 fully saturated rings. The second-order valence-corrected chi connectivity index (χ2v) is 8.42. The first-order valence-corrected chi connectivity index (χ1v) is 9.74. The number of nitrogens with one attached hydrogen (secondary N) is 1. The lowest BCUT2D eigenvalue weighted by molar-refractivity contribution is -0.128. The number of carbonyl (C=O) groups excluding carboxylic acids is 1. The van der Waals surface area contributed by atoms with Gasteiger partial charge in [-0.25, -0.2) is 8.42 Å². The fourth-order valence-electron chi connectivity index (χ4n) is 3.62. The third kappa shape index (κ3) is 3.15. The van der Waals surface area contributed by atoms with Crippen LogP contribution in [0, 0.1) is 16.7 Å². The van der Waals surface area contributed by atoms with Crippen molar-refractivity contribution in [1.29, 1.82) is 5.26 Å². The lowest BCUT2D eigenvalue weighted by Gasteiger charge is -2.30. The van der Waals surface area contributed by atoms with Gasteiger partial charge in [0.1, 0.15) is 0 Å². The lowest BCUT2D eigenvalue weighted by Crippen LogP contribution is -2.44. The maximum absolute atomic E-state index is 12.8. The van der Waals surface area contributed by atoms with Gasteiger partial charge in [-0.3, -0.25) is 9.52 Å². The minimum atomic E-state index is -3.66. The molecule has 0 unspecified atom stereocenters. The number of carbonyl (C=O) groups is 1. The first-order chi connectivity index (χ1) is 11.7. The van der Waals surface area contributed by atoms with Gasteiger partial charge in [-0.2, -0.15) is 5.26 Å². The largest absolute Gasteiger partial charge is 0.273 e. The summed E-state index contributed by atoms with van der Waals surface area (Å²) in [4.78, 5) is 12.8. The van der Waals surface area contributed by atoms with Crippen LogP contribution >= 0.6 is 0 Å². The van der Waals surface area contributed by atoms with Crippen molar-refractivity contribution in [3.05, 3.63) is 70.8 Å². The van der Waals surface area contributed by atoms with E-state index in [4.69, 9.17) is 0 Å². The van der Waals surface area contributed by atoms with Gasteiger partial charge < -0.3 is 0 Å². The Labute approximate surface area is 147 Å². The van der Waals surface area contributed by atoms with E-state index in [-0.39, 0.29) is 5.92 Å². The molecule has 1 aliphatic rings. The van der Waals surface area contributed by atoms with Crippen LogP contribution in [0.25, 0.3) is 0 Å². The minimum absolute atomic E-state index is 0.321. The highest BCUT2D eigenvalue weighted by atomic mass is 32.2. The van der Waals surface area contributed by atoms with Crippen LogP contribution in [0.2, 0.25) is 0 Å². The van der Waals surface area contributed by atoms with Crippen LogP contribution in [-0.2, 0) is 21.2 Å². The van der Waals surface area contributed by atoms with E-state index in [0.29, 0.717) is 12.0 Å². The van der Waals surface area contributed by atoms with Gasteiger partial charge in [-0.05, 0) is 42.2 Å². The summed E-state index contributed by atoms with van der Waals surface area (Å²) >= 11 is 0. The van der Waals surface area contributed by atoms with Gasteiger partial charge in [-0.1, -0.05) is 36.4 Å². The van der Waals surface area contributed by atoms with E-state index in [9.17, 15) is 18.5 Å². The Morgan fingerprint density at radius 3 is 2.52 bits per heavy atom. The van der Waals surface area contributed by atoms with Gasteiger partial charge in [-0.15, -0.1) is 0 Å². The van der Waals surface area contributed by atoms with Crippen LogP contribution in [0.3, 0.4) is 0 Å². The van der Waals surface area contributed by atoms with Gasteiger partial charge >= 0.3 is 0 Å². The molecule has 5 nitrogen and oxygen atoms in total. The van der Waals surface area contributed by atoms with Crippen molar-refractivity contribution in [1.82, 2.24) is 4.72 Å². The fraction of sp³-hybridized carbons (Fsp3) is 0.263. The topological polar surface area (TPSA) is 87.0 Å². The van der Waals surface area contributed by atoms with Crippen LogP contribution in [0.4, 0.5) is 0 Å². The molecule has 0 spiro atoms. The maximum Gasteiger partial charge on any atom is 0.240 e. The second kappa shape index (κ2) is 6.01. The summed E-state index contributed by atoms with van der Waals surface area (Å²) < 4.78 is 25.3. The zero-order valence-electron chi connectivity index (χ0n) is 14.0. The van der Waals surface area contributed by atoms with Gasteiger partial charge in [0.15, 0.2) is 0 Å². The molecule has 25 heavy (non-hydrogen) atoms. The van der Waals surface area contributed by atoms with Crippen LogP contribution in [0.1, 0.15) is 35.1 Å². The third-order valence-electron chi connectivity index (χ3n) is 4.71. The number of nitrogens with zero attached hydrogens (tertiary/aromatic N) is 1. The SMILES string of the molecule is C[C@@]1(C(=O)NS(C)(=O)=O)Cc2ccc(C#N)cc2[C@@H]1c1ccccc1. The highest BCUT2D eigenvalue weighted by molar-refractivity contribution is 7.89. The van der Waals surface area contributed by atoms with Crippen LogP contribution in [0.15, 0.2) is 48.5 Å². The normalized spacial score (nSPS) is 22.0. The summed E-state index contributed by atoms with van der Waals surface area (Å²) in [5.41, 5.74) is 2.34. The quantitative estimate of drug-likeness (QED) is 0.916. The molecule has 0 saturated carbocycles. The van der Waals surface area contributed by atoms with E-state index < -0.39 is 21.3 Å². The van der Waals surface area contributed by atoms with E-state index in [1.54, 1.807) is 19.1 Å². The molecule has 1 aliphatic carbocycles. The molecular weight excluding hydrogens is 336 g/mol. The van der Waals surface area contributed by atoms with Crippen molar-refractivity contribution in [3.8, 4) is 6.07 Å². The summed E-state index contributed by atoms with van der Waals surface area (Å²) in [5.74, 6) is -0.850. The Balaban J connectivity index is 2.16. The molecule has 0 heterocycles. The number of nitriles is 1. The Morgan fingerprint density at radius 2 is 1.92 bits per heavy atom. The van der Waals surface area contributed by atoms with E-state index in [1.807, 2.05) is 36.4 Å². The Hall–Kier alpha value is -2.65. The van der Waals surface area contributed by atoms with E-state index in [2.05, 4.69) is 10.8 Å². The molecule has 0 bridgehead atoms. The number of fused-ring (bicyclic) bond motifs is 1. The zero-order valence-corrected chi connectivity index (χ0v) is 14.8. The molecular formula is C19H18N2O3S. The van der Waals surface area contributed by atoms with Crippen LogP contribution in [-0.4, -0.2) is 20.6 Å². The Bertz CT molecular complexity index is 977. The molecule has 6 heteroatoms. The number of hydrogen-bond donors (Lipinski definition) is 1. The second-order valence-electron chi connectivity index (χ2n) is 6.67. The highest BCUT2D eigenvalue weighted by Gasteiger charge is 2.49. The first-order valence-electron chi connectivity index (χ1n) is 7.85. The number of sulfonamides is 1. The predicted octanol–water partition coefficient (Wildman–Crippen LogP) is 2.33. The Morgan fingerprint density at radius 1 is 1.24 bits per heavy atom. The minimum Gasteiger partial charge on any atom is -0.273 e. The summed E-state index contributed by atoms with van der Waals surface area (Å²) in [6, 6.07) is 17.0. The van der Waals surface area contributed by atoms with Crippen LogP contribution in [0.5, 0.6) is 0 Å². The van der Waals surface area contributed by atoms with E-state index in [1.165, 1.54) is 0 Å². The predicted molar refractivity (Wildman–Crippen MR) is 94.2 cm³/mol. The molecule has 3 rings (SSSR count). The van der Waals surface area contributed by atoms with Crippen molar-refractivity contribution >= 4 is 15.9 Å². The molecule has 0 aliphatic heterocycles.